The molecule has 3 heterocycles. The van der Waals surface area contributed by atoms with Gasteiger partial charge in [0, 0.05) is 35.8 Å². The fourth-order valence-corrected chi connectivity index (χ4v) is 5.61. The van der Waals surface area contributed by atoms with E-state index in [4.69, 9.17) is 0 Å². The van der Waals surface area contributed by atoms with Crippen molar-refractivity contribution in [2.45, 2.75) is 68.0 Å². The minimum absolute atomic E-state index is 0.00897. The Morgan fingerprint density at radius 1 is 1.06 bits per heavy atom. The molecule has 0 saturated heterocycles. The van der Waals surface area contributed by atoms with Crippen LogP contribution in [0.1, 0.15) is 67.9 Å². The van der Waals surface area contributed by atoms with Crippen molar-refractivity contribution in [3.8, 4) is 11.3 Å². The van der Waals surface area contributed by atoms with Crippen LogP contribution in [0.5, 0.6) is 0 Å². The van der Waals surface area contributed by atoms with Gasteiger partial charge in [-0.2, -0.15) is 0 Å². The average molecular weight is 496 g/mol. The van der Waals surface area contributed by atoms with Gasteiger partial charge in [0.1, 0.15) is 11.6 Å². The zero-order chi connectivity index (χ0) is 24.6. The van der Waals surface area contributed by atoms with Crippen LogP contribution in [0.3, 0.4) is 0 Å². The zero-order valence-corrected chi connectivity index (χ0v) is 20.2. The molecule has 0 radical (unpaired) electrons. The number of pyridine rings is 1. The summed E-state index contributed by atoms with van der Waals surface area (Å²) in [5, 5.41) is -0.367. The molecule has 5 rings (SSSR count). The molecule has 0 N–H and O–H groups in total. The molecular formula is C25H26FN5O3S. The van der Waals surface area contributed by atoms with E-state index in [1.54, 1.807) is 37.6 Å². The summed E-state index contributed by atoms with van der Waals surface area (Å²) in [6, 6.07) is 4.81. The number of hydrogen-bond donors (Lipinski definition) is 0. The third-order valence-electron chi connectivity index (χ3n) is 6.51. The summed E-state index contributed by atoms with van der Waals surface area (Å²) in [7, 11) is -3.36. The third kappa shape index (κ3) is 5.12. The van der Waals surface area contributed by atoms with Crippen molar-refractivity contribution >= 4 is 15.6 Å². The topological polar surface area (TPSA) is 116 Å². The van der Waals surface area contributed by atoms with Crippen LogP contribution in [0.4, 0.5) is 4.39 Å². The van der Waals surface area contributed by atoms with Crippen LogP contribution in [0.25, 0.3) is 11.3 Å². The smallest absolute Gasteiger partial charge is 0.210 e. The second kappa shape index (κ2) is 9.14. The summed E-state index contributed by atoms with van der Waals surface area (Å²) in [5.74, 6) is -0.553. The van der Waals surface area contributed by atoms with Gasteiger partial charge in [-0.05, 0) is 50.3 Å². The summed E-state index contributed by atoms with van der Waals surface area (Å²) in [5.41, 5.74) is 0.390. The highest BCUT2D eigenvalue weighted by Gasteiger charge is 2.41. The number of carbonyl (C=O) groups is 1. The van der Waals surface area contributed by atoms with Crippen molar-refractivity contribution in [1.82, 2.24) is 24.9 Å². The first-order valence-corrected chi connectivity index (χ1v) is 13.5. The Morgan fingerprint density at radius 3 is 2.51 bits per heavy atom. The zero-order valence-electron chi connectivity index (χ0n) is 19.4. The van der Waals surface area contributed by atoms with E-state index in [9.17, 15) is 13.2 Å². The first kappa shape index (κ1) is 23.6. The van der Waals surface area contributed by atoms with Crippen molar-refractivity contribution < 1.29 is 17.6 Å². The predicted molar refractivity (Wildman–Crippen MR) is 127 cm³/mol. The van der Waals surface area contributed by atoms with E-state index in [1.165, 1.54) is 12.3 Å². The minimum Gasteiger partial charge on any atom is -0.295 e. The number of carbonyl (C=O) groups excluding carboxylic acids is 1. The van der Waals surface area contributed by atoms with Crippen LogP contribution in [-0.2, 0) is 32.5 Å². The van der Waals surface area contributed by atoms with Crippen LogP contribution < -0.4 is 0 Å². The predicted octanol–water partition coefficient (Wildman–Crippen LogP) is 3.67. The molecule has 0 bridgehead atoms. The Labute approximate surface area is 203 Å². The normalized spacial score (nSPS) is 17.7. The van der Waals surface area contributed by atoms with Gasteiger partial charge in [0.25, 0.3) is 0 Å². The van der Waals surface area contributed by atoms with Gasteiger partial charge < -0.3 is 0 Å². The fraction of sp³-hybridized carbons (Fsp3) is 0.440. The summed E-state index contributed by atoms with van der Waals surface area (Å²) in [6.07, 6.45) is 9.54. The van der Waals surface area contributed by atoms with Gasteiger partial charge in [-0.1, -0.05) is 6.92 Å². The molecule has 1 unspecified atom stereocenters. The number of alkyl halides is 1. The first-order valence-electron chi connectivity index (χ1n) is 11.8. The number of halogens is 1. The Hall–Kier alpha value is -3.14. The van der Waals surface area contributed by atoms with Crippen molar-refractivity contribution in [1.29, 1.82) is 0 Å². The maximum Gasteiger partial charge on any atom is 0.210 e. The number of rotatable bonds is 10. The fourth-order valence-electron chi connectivity index (χ4n) is 4.02. The van der Waals surface area contributed by atoms with E-state index < -0.39 is 21.3 Å². The molecular weight excluding hydrogens is 469 g/mol. The standard InChI is InChI=1S/C25H26FN5O3S/c1-2-25(26,22-9-10-28-24(31-22)15-35(33,34)19-7-8-19)23(32)11-18-6-5-17(12-29-18)21-14-27-13-20(30-21)16-3-4-16/h5-6,9-10,12-14,16,19H,2-4,7-8,11,15H2,1H3. The molecule has 1 atom stereocenters. The highest BCUT2D eigenvalue weighted by atomic mass is 32.2. The number of hydrogen-bond acceptors (Lipinski definition) is 8. The largest absolute Gasteiger partial charge is 0.295 e. The monoisotopic (exact) mass is 495 g/mol. The molecule has 3 aromatic rings. The summed E-state index contributed by atoms with van der Waals surface area (Å²) in [6.45, 7) is 1.56. The van der Waals surface area contributed by atoms with Crippen molar-refractivity contribution in [2.24, 2.45) is 0 Å². The van der Waals surface area contributed by atoms with Crippen molar-refractivity contribution in [3.63, 3.8) is 0 Å². The molecule has 2 aliphatic carbocycles. The molecule has 0 aromatic carbocycles. The van der Waals surface area contributed by atoms with Gasteiger partial charge >= 0.3 is 0 Å². The first-order chi connectivity index (χ1) is 16.8. The lowest BCUT2D eigenvalue weighted by atomic mass is 9.90. The van der Waals surface area contributed by atoms with Crippen LogP contribution in [-0.4, -0.2) is 44.4 Å². The van der Waals surface area contributed by atoms with Gasteiger partial charge in [0.15, 0.2) is 15.6 Å². The van der Waals surface area contributed by atoms with Crippen LogP contribution in [0.2, 0.25) is 0 Å². The second-order valence-electron chi connectivity index (χ2n) is 9.26. The van der Waals surface area contributed by atoms with Gasteiger partial charge in [-0.15, -0.1) is 0 Å². The van der Waals surface area contributed by atoms with E-state index >= 15 is 4.39 Å². The number of nitrogens with zero attached hydrogens (tertiary/aromatic N) is 5. The highest BCUT2D eigenvalue weighted by molar-refractivity contribution is 7.91. The minimum atomic E-state index is -3.36. The lowest BCUT2D eigenvalue weighted by Gasteiger charge is -2.22. The molecule has 2 fully saturated rings. The van der Waals surface area contributed by atoms with Gasteiger partial charge in [0.2, 0.25) is 5.67 Å². The molecule has 182 valence electrons. The molecule has 10 heteroatoms. The number of aromatic nitrogens is 5. The van der Waals surface area contributed by atoms with Crippen molar-refractivity contribution in [3.05, 3.63) is 65.9 Å². The second-order valence-corrected chi connectivity index (χ2v) is 11.5. The van der Waals surface area contributed by atoms with Crippen molar-refractivity contribution in [2.75, 3.05) is 0 Å². The van der Waals surface area contributed by atoms with Gasteiger partial charge in [-0.3, -0.25) is 14.8 Å². The quantitative estimate of drug-likeness (QED) is 0.418. The molecule has 2 saturated carbocycles. The van der Waals surface area contributed by atoms with E-state index in [2.05, 4.69) is 24.9 Å². The Balaban J connectivity index is 1.31. The van der Waals surface area contributed by atoms with E-state index in [0.29, 0.717) is 30.1 Å². The third-order valence-corrected chi connectivity index (χ3v) is 8.66. The lowest BCUT2D eigenvalue weighted by molar-refractivity contribution is -0.131. The van der Waals surface area contributed by atoms with Gasteiger partial charge in [-0.25, -0.2) is 27.8 Å². The van der Waals surface area contributed by atoms with Crippen LogP contribution in [0.15, 0.2) is 43.0 Å². The molecule has 2 aliphatic rings. The maximum absolute atomic E-state index is 16.0. The summed E-state index contributed by atoms with van der Waals surface area (Å²) >= 11 is 0. The SMILES string of the molecule is CCC(F)(C(=O)Cc1ccc(-c2cncc(C3CC3)n2)cn1)c1ccnc(CS(=O)(=O)C2CC2)n1. The Bertz CT molecular complexity index is 1360. The molecule has 0 amide bonds. The number of ketones is 1. The summed E-state index contributed by atoms with van der Waals surface area (Å²) < 4.78 is 40.5. The Morgan fingerprint density at radius 2 is 1.86 bits per heavy atom. The van der Waals surface area contributed by atoms with Crippen LogP contribution in [0, 0.1) is 0 Å². The number of Topliss-reactive ketones (excluding diaryl/α,β-unsaturated/α-hetero) is 1. The van der Waals surface area contributed by atoms with E-state index in [0.717, 1.165) is 24.1 Å². The highest BCUT2D eigenvalue weighted by Crippen LogP contribution is 2.39. The van der Waals surface area contributed by atoms with E-state index in [1.807, 2.05) is 0 Å². The van der Waals surface area contributed by atoms with Gasteiger partial charge in [0.05, 0.1) is 34.9 Å². The summed E-state index contributed by atoms with van der Waals surface area (Å²) in [4.78, 5) is 34.4. The molecule has 35 heavy (non-hydrogen) atoms. The van der Waals surface area contributed by atoms with Crippen LogP contribution >= 0.6 is 0 Å². The molecule has 0 aliphatic heterocycles. The molecule has 0 spiro atoms. The Kier molecular flexibility index (Phi) is 6.16. The molecule has 3 aromatic heterocycles. The molecule has 8 nitrogen and oxygen atoms in total. The lowest BCUT2D eigenvalue weighted by Crippen LogP contribution is -2.33. The maximum atomic E-state index is 16.0. The average Bonchev–Trinajstić information content (AvgIpc) is 3.76. The van der Waals surface area contributed by atoms with E-state index in [-0.39, 0.29) is 35.4 Å². The number of sulfone groups is 1.